The van der Waals surface area contributed by atoms with Crippen molar-refractivity contribution in [2.75, 3.05) is 50.2 Å². The molecule has 0 bridgehead atoms. The van der Waals surface area contributed by atoms with Crippen molar-refractivity contribution in [2.45, 2.75) is 18.9 Å². The number of hydrogen-bond donors (Lipinski definition) is 1. The maximum Gasteiger partial charge on any atom is 0.225 e. The van der Waals surface area contributed by atoms with Crippen LogP contribution in [0.25, 0.3) is 0 Å². The van der Waals surface area contributed by atoms with Crippen molar-refractivity contribution >= 4 is 17.3 Å². The molecule has 7 nitrogen and oxygen atoms in total. The predicted molar refractivity (Wildman–Crippen MR) is 137 cm³/mol. The van der Waals surface area contributed by atoms with Crippen LogP contribution in [0.2, 0.25) is 0 Å². The number of anilines is 2. The van der Waals surface area contributed by atoms with Crippen molar-refractivity contribution in [3.63, 3.8) is 0 Å². The van der Waals surface area contributed by atoms with Crippen molar-refractivity contribution in [3.8, 4) is 11.5 Å². The van der Waals surface area contributed by atoms with Gasteiger partial charge in [0, 0.05) is 61.9 Å². The highest BCUT2D eigenvalue weighted by atomic mass is 16.5. The monoisotopic (exact) mass is 472 g/mol. The smallest absolute Gasteiger partial charge is 0.225 e. The van der Waals surface area contributed by atoms with Crippen LogP contribution >= 0.6 is 0 Å². The average molecular weight is 473 g/mol. The summed E-state index contributed by atoms with van der Waals surface area (Å²) in [5.41, 5.74) is 4.51. The summed E-state index contributed by atoms with van der Waals surface area (Å²) in [7, 11) is 3.38. The number of fused-ring (bicyclic) bond motifs is 3. The van der Waals surface area contributed by atoms with Gasteiger partial charge in [0.1, 0.15) is 11.5 Å². The standard InChI is InChI=1S/C28H32N4O3/c1-34-23-10-7-22(8-11-23)31-15-16-32-26-18-24(35-2)9-6-20(26)17-25(27(32)19-31)28(33)30-14-12-21-5-3-4-13-29-21/h3-11,13,18,25,27H,12,14-17,19H2,1-2H3,(H,30,33)/t25-,27-/m0/s1. The summed E-state index contributed by atoms with van der Waals surface area (Å²) in [6, 6.07) is 20.3. The number of benzene rings is 2. The van der Waals surface area contributed by atoms with Crippen LogP contribution in [0.4, 0.5) is 11.4 Å². The molecule has 1 aromatic heterocycles. The number of carbonyl (C=O) groups excluding carboxylic acids is 1. The zero-order valence-electron chi connectivity index (χ0n) is 20.3. The minimum absolute atomic E-state index is 0.0697. The van der Waals surface area contributed by atoms with Gasteiger partial charge < -0.3 is 24.6 Å². The number of aromatic nitrogens is 1. The molecule has 0 radical (unpaired) electrons. The average Bonchev–Trinajstić information content (AvgIpc) is 2.92. The molecule has 1 fully saturated rings. The molecule has 0 unspecified atom stereocenters. The van der Waals surface area contributed by atoms with Crippen LogP contribution in [0.15, 0.2) is 66.9 Å². The van der Waals surface area contributed by atoms with Gasteiger partial charge in [0.15, 0.2) is 0 Å². The molecule has 182 valence electrons. The molecule has 1 amide bonds. The van der Waals surface area contributed by atoms with Gasteiger partial charge in [-0.3, -0.25) is 9.78 Å². The van der Waals surface area contributed by atoms with Gasteiger partial charge >= 0.3 is 0 Å². The van der Waals surface area contributed by atoms with Crippen molar-refractivity contribution < 1.29 is 14.3 Å². The lowest BCUT2D eigenvalue weighted by Gasteiger charge is -2.49. The zero-order valence-corrected chi connectivity index (χ0v) is 20.3. The molecule has 5 rings (SSSR count). The first-order valence-electron chi connectivity index (χ1n) is 12.2. The number of amides is 1. The van der Waals surface area contributed by atoms with E-state index in [0.717, 1.165) is 48.9 Å². The minimum atomic E-state index is -0.138. The number of nitrogens with zero attached hydrogens (tertiary/aromatic N) is 3. The van der Waals surface area contributed by atoms with Gasteiger partial charge in [-0.2, -0.15) is 0 Å². The number of ether oxygens (including phenoxy) is 2. The molecule has 1 N–H and O–H groups in total. The van der Waals surface area contributed by atoms with Crippen molar-refractivity contribution in [1.29, 1.82) is 0 Å². The lowest BCUT2D eigenvalue weighted by atomic mass is 9.83. The maximum absolute atomic E-state index is 13.5. The summed E-state index contributed by atoms with van der Waals surface area (Å²) in [5, 5.41) is 3.19. The van der Waals surface area contributed by atoms with E-state index in [1.165, 1.54) is 11.3 Å². The van der Waals surface area contributed by atoms with E-state index in [4.69, 9.17) is 9.47 Å². The highest BCUT2D eigenvalue weighted by Crippen LogP contribution is 2.39. The van der Waals surface area contributed by atoms with Crippen LogP contribution in [0, 0.1) is 5.92 Å². The molecule has 2 aromatic carbocycles. The Morgan fingerprint density at radius 2 is 1.83 bits per heavy atom. The third-order valence-electron chi connectivity index (χ3n) is 7.11. The molecule has 0 saturated carbocycles. The Kier molecular flexibility index (Phi) is 6.75. The fourth-order valence-corrected chi connectivity index (χ4v) is 5.22. The van der Waals surface area contributed by atoms with E-state index in [-0.39, 0.29) is 17.9 Å². The molecular formula is C28H32N4O3. The summed E-state index contributed by atoms with van der Waals surface area (Å²) in [6.45, 7) is 3.08. The zero-order chi connectivity index (χ0) is 24.2. The fraction of sp³-hybridized carbons (Fsp3) is 0.357. The van der Waals surface area contributed by atoms with E-state index < -0.39 is 0 Å². The Labute approximate surface area is 206 Å². The Morgan fingerprint density at radius 1 is 1.03 bits per heavy atom. The predicted octanol–water partition coefficient (Wildman–Crippen LogP) is 3.33. The highest BCUT2D eigenvalue weighted by Gasteiger charge is 2.41. The molecule has 2 atom stereocenters. The second-order valence-electron chi connectivity index (χ2n) is 9.07. The van der Waals surface area contributed by atoms with Gasteiger partial charge in [0.25, 0.3) is 0 Å². The van der Waals surface area contributed by atoms with E-state index in [1.54, 1.807) is 20.4 Å². The lowest BCUT2D eigenvalue weighted by molar-refractivity contribution is -0.125. The van der Waals surface area contributed by atoms with Gasteiger partial charge in [-0.1, -0.05) is 12.1 Å². The fourth-order valence-electron chi connectivity index (χ4n) is 5.22. The maximum atomic E-state index is 13.5. The van der Waals surface area contributed by atoms with Gasteiger partial charge in [-0.05, 0) is 54.4 Å². The number of piperazine rings is 1. The summed E-state index contributed by atoms with van der Waals surface area (Å²) in [4.78, 5) is 22.6. The van der Waals surface area contributed by atoms with Crippen molar-refractivity contribution in [2.24, 2.45) is 5.92 Å². The van der Waals surface area contributed by atoms with Crippen molar-refractivity contribution in [1.82, 2.24) is 10.3 Å². The lowest BCUT2D eigenvalue weighted by Crippen LogP contribution is -2.61. The second kappa shape index (κ2) is 10.3. The van der Waals surface area contributed by atoms with Crippen LogP contribution in [0.3, 0.4) is 0 Å². The number of pyridine rings is 1. The Morgan fingerprint density at radius 3 is 2.57 bits per heavy atom. The first kappa shape index (κ1) is 23.0. The topological polar surface area (TPSA) is 66.9 Å². The number of rotatable bonds is 7. The molecule has 7 heteroatoms. The van der Waals surface area contributed by atoms with Crippen LogP contribution in [-0.2, 0) is 17.6 Å². The van der Waals surface area contributed by atoms with Gasteiger partial charge in [0.05, 0.1) is 26.2 Å². The van der Waals surface area contributed by atoms with Gasteiger partial charge in [-0.15, -0.1) is 0 Å². The molecule has 3 aromatic rings. The molecular weight excluding hydrogens is 440 g/mol. The summed E-state index contributed by atoms with van der Waals surface area (Å²) in [5.74, 6) is 1.66. The van der Waals surface area contributed by atoms with Crippen LogP contribution in [-0.4, -0.2) is 57.3 Å². The summed E-state index contributed by atoms with van der Waals surface area (Å²) < 4.78 is 10.8. The Hall–Kier alpha value is -3.74. The Bertz CT molecular complexity index is 1150. The largest absolute Gasteiger partial charge is 0.497 e. The number of methoxy groups -OCH3 is 2. The van der Waals surface area contributed by atoms with Crippen LogP contribution < -0.4 is 24.6 Å². The van der Waals surface area contributed by atoms with E-state index in [9.17, 15) is 4.79 Å². The third-order valence-corrected chi connectivity index (χ3v) is 7.11. The first-order chi connectivity index (χ1) is 17.2. The van der Waals surface area contributed by atoms with Crippen molar-refractivity contribution in [3.05, 3.63) is 78.1 Å². The normalized spacial score (nSPS) is 18.9. The van der Waals surface area contributed by atoms with E-state index in [2.05, 4.69) is 44.4 Å². The molecule has 2 aliphatic heterocycles. The van der Waals surface area contributed by atoms with Crippen LogP contribution in [0.1, 0.15) is 11.3 Å². The second-order valence-corrected chi connectivity index (χ2v) is 9.07. The number of nitrogens with one attached hydrogen (secondary N) is 1. The molecule has 0 aliphatic carbocycles. The first-order valence-corrected chi connectivity index (χ1v) is 12.2. The molecule has 35 heavy (non-hydrogen) atoms. The third kappa shape index (κ3) is 4.90. The molecule has 0 spiro atoms. The summed E-state index contributed by atoms with van der Waals surface area (Å²) >= 11 is 0. The number of hydrogen-bond acceptors (Lipinski definition) is 6. The molecule has 2 aliphatic rings. The minimum Gasteiger partial charge on any atom is -0.497 e. The van der Waals surface area contributed by atoms with Crippen LogP contribution in [0.5, 0.6) is 11.5 Å². The number of carbonyl (C=O) groups is 1. The van der Waals surface area contributed by atoms with E-state index in [0.29, 0.717) is 13.0 Å². The van der Waals surface area contributed by atoms with Gasteiger partial charge in [-0.25, -0.2) is 0 Å². The molecule has 3 heterocycles. The quantitative estimate of drug-likeness (QED) is 0.569. The van der Waals surface area contributed by atoms with E-state index >= 15 is 0 Å². The van der Waals surface area contributed by atoms with E-state index in [1.807, 2.05) is 36.4 Å². The summed E-state index contributed by atoms with van der Waals surface area (Å²) in [6.07, 6.45) is 3.23. The Balaban J connectivity index is 1.36. The molecule has 1 saturated heterocycles. The van der Waals surface area contributed by atoms with Gasteiger partial charge in [0.2, 0.25) is 5.91 Å². The SMILES string of the molecule is COc1ccc(N2CCN3c4cc(OC)ccc4C[C@H](C(=O)NCCc4ccccn4)[C@@H]3C2)cc1. The highest BCUT2D eigenvalue weighted by molar-refractivity contribution is 5.82.